The fourth-order valence-electron chi connectivity index (χ4n) is 3.31. The van der Waals surface area contributed by atoms with Crippen LogP contribution < -0.4 is 29.0 Å². The zero-order valence-electron chi connectivity index (χ0n) is 20.6. The highest BCUT2D eigenvalue weighted by atomic mass is 16.5. The van der Waals surface area contributed by atoms with Crippen LogP contribution in [0.25, 0.3) is 0 Å². The molecule has 0 atom stereocenters. The molecule has 0 saturated carbocycles. The summed E-state index contributed by atoms with van der Waals surface area (Å²) in [6, 6.07) is 14.3. The molecule has 0 spiro atoms. The Labute approximate surface area is 206 Å². The fourth-order valence-corrected chi connectivity index (χ4v) is 3.31. The molecule has 0 aliphatic heterocycles. The first-order chi connectivity index (χ1) is 17.1. The van der Waals surface area contributed by atoms with Crippen LogP contribution in [0.1, 0.15) is 43.6 Å². The van der Waals surface area contributed by atoms with Crippen molar-refractivity contribution >= 4 is 5.91 Å². The second kappa shape index (κ2) is 13.1. The lowest BCUT2D eigenvalue weighted by Crippen LogP contribution is -2.23. The zero-order chi connectivity index (χ0) is 25.0. The lowest BCUT2D eigenvalue weighted by Gasteiger charge is -2.17. The van der Waals surface area contributed by atoms with Gasteiger partial charge in [0.05, 0.1) is 26.4 Å². The predicted octanol–water partition coefficient (Wildman–Crippen LogP) is 5.40. The van der Waals surface area contributed by atoms with Gasteiger partial charge in [0.1, 0.15) is 11.5 Å². The first kappa shape index (κ1) is 25.7. The van der Waals surface area contributed by atoms with Crippen LogP contribution in [0.2, 0.25) is 0 Å². The number of ether oxygens (including phenoxy) is 5. The van der Waals surface area contributed by atoms with Gasteiger partial charge in [0, 0.05) is 24.4 Å². The molecule has 0 unspecified atom stereocenters. The molecular formula is C27H32N2O6. The average molecular weight is 481 g/mol. The van der Waals surface area contributed by atoms with E-state index in [0.29, 0.717) is 67.4 Å². The van der Waals surface area contributed by atoms with Gasteiger partial charge >= 0.3 is 0 Å². The molecule has 2 aromatic carbocycles. The molecule has 1 amide bonds. The minimum absolute atomic E-state index is 0.263. The summed E-state index contributed by atoms with van der Waals surface area (Å²) in [6.45, 7) is 9.79. The number of nitrogens with zero attached hydrogens (tertiary/aromatic N) is 1. The van der Waals surface area contributed by atoms with Gasteiger partial charge in [0.25, 0.3) is 5.91 Å². The molecule has 0 bridgehead atoms. The molecule has 8 heteroatoms. The van der Waals surface area contributed by atoms with Crippen molar-refractivity contribution in [2.45, 2.75) is 34.2 Å². The van der Waals surface area contributed by atoms with Crippen molar-refractivity contribution in [1.82, 2.24) is 10.3 Å². The van der Waals surface area contributed by atoms with Gasteiger partial charge in [0.2, 0.25) is 11.6 Å². The molecule has 0 fully saturated rings. The van der Waals surface area contributed by atoms with E-state index in [0.717, 1.165) is 11.3 Å². The number of hydrogen-bond donors (Lipinski definition) is 1. The third-order valence-corrected chi connectivity index (χ3v) is 4.78. The van der Waals surface area contributed by atoms with Gasteiger partial charge in [0.15, 0.2) is 11.5 Å². The van der Waals surface area contributed by atoms with E-state index in [1.807, 2.05) is 58.0 Å². The van der Waals surface area contributed by atoms with E-state index in [1.54, 1.807) is 24.4 Å². The van der Waals surface area contributed by atoms with Crippen LogP contribution in [0.3, 0.4) is 0 Å². The highest BCUT2D eigenvalue weighted by Gasteiger charge is 2.18. The average Bonchev–Trinajstić information content (AvgIpc) is 2.86. The molecule has 1 heterocycles. The van der Waals surface area contributed by atoms with E-state index >= 15 is 0 Å². The number of nitrogens with one attached hydrogen (secondary N) is 1. The van der Waals surface area contributed by atoms with Crippen molar-refractivity contribution < 1.29 is 28.5 Å². The lowest BCUT2D eigenvalue weighted by atomic mass is 10.1. The Morgan fingerprint density at radius 3 is 1.97 bits per heavy atom. The highest BCUT2D eigenvalue weighted by Crippen LogP contribution is 2.39. The first-order valence-corrected chi connectivity index (χ1v) is 11.8. The normalized spacial score (nSPS) is 10.4. The largest absolute Gasteiger partial charge is 0.494 e. The quantitative estimate of drug-likeness (QED) is 0.350. The number of carbonyl (C=O) groups is 1. The molecule has 186 valence electrons. The Balaban J connectivity index is 1.70. The summed E-state index contributed by atoms with van der Waals surface area (Å²) in [6.07, 6.45) is 1.64. The molecule has 1 N–H and O–H groups in total. The fraction of sp³-hybridized carbons (Fsp3) is 0.333. The monoisotopic (exact) mass is 480 g/mol. The van der Waals surface area contributed by atoms with Crippen LogP contribution in [-0.2, 0) is 6.54 Å². The molecule has 8 nitrogen and oxygen atoms in total. The van der Waals surface area contributed by atoms with Gasteiger partial charge < -0.3 is 29.0 Å². The summed E-state index contributed by atoms with van der Waals surface area (Å²) < 4.78 is 28.4. The third kappa shape index (κ3) is 7.27. The van der Waals surface area contributed by atoms with Crippen molar-refractivity contribution in [2.75, 3.05) is 26.4 Å². The Kier molecular flexibility index (Phi) is 9.59. The minimum Gasteiger partial charge on any atom is -0.494 e. The molecule has 0 saturated heterocycles. The van der Waals surface area contributed by atoms with Crippen molar-refractivity contribution in [2.24, 2.45) is 0 Å². The Morgan fingerprint density at radius 1 is 0.771 bits per heavy atom. The molecule has 35 heavy (non-hydrogen) atoms. The maximum Gasteiger partial charge on any atom is 0.251 e. The number of amides is 1. The van der Waals surface area contributed by atoms with E-state index in [4.69, 9.17) is 23.7 Å². The molecular weight excluding hydrogens is 448 g/mol. The molecule has 1 aromatic heterocycles. The van der Waals surface area contributed by atoms with Gasteiger partial charge in [-0.1, -0.05) is 0 Å². The van der Waals surface area contributed by atoms with Crippen LogP contribution in [0, 0.1) is 0 Å². The minimum atomic E-state index is -0.263. The van der Waals surface area contributed by atoms with Crippen molar-refractivity contribution in [3.63, 3.8) is 0 Å². The molecule has 3 rings (SSSR count). The Morgan fingerprint density at radius 2 is 1.37 bits per heavy atom. The number of carbonyl (C=O) groups excluding carboxylic acids is 1. The van der Waals surface area contributed by atoms with Crippen LogP contribution >= 0.6 is 0 Å². The Hall–Kier alpha value is -3.94. The topological polar surface area (TPSA) is 88.1 Å². The van der Waals surface area contributed by atoms with Crippen molar-refractivity contribution in [3.05, 3.63) is 65.9 Å². The predicted molar refractivity (Wildman–Crippen MR) is 133 cm³/mol. The maximum absolute atomic E-state index is 12.9. The van der Waals surface area contributed by atoms with Gasteiger partial charge in [-0.05, 0) is 75.7 Å². The first-order valence-electron chi connectivity index (χ1n) is 11.8. The third-order valence-electron chi connectivity index (χ3n) is 4.78. The van der Waals surface area contributed by atoms with Gasteiger partial charge in [-0.3, -0.25) is 4.79 Å². The second-order valence-electron chi connectivity index (χ2n) is 7.29. The van der Waals surface area contributed by atoms with Crippen LogP contribution in [0.4, 0.5) is 0 Å². The van der Waals surface area contributed by atoms with Gasteiger partial charge in [-0.2, -0.15) is 0 Å². The van der Waals surface area contributed by atoms with Crippen molar-refractivity contribution in [3.8, 4) is 34.6 Å². The summed E-state index contributed by atoms with van der Waals surface area (Å²) in [5.41, 5.74) is 1.26. The number of hydrogen-bond acceptors (Lipinski definition) is 7. The number of rotatable bonds is 13. The molecule has 3 aromatic rings. The van der Waals surface area contributed by atoms with Gasteiger partial charge in [-0.25, -0.2) is 4.98 Å². The zero-order valence-corrected chi connectivity index (χ0v) is 20.6. The van der Waals surface area contributed by atoms with Crippen molar-refractivity contribution in [1.29, 1.82) is 0 Å². The van der Waals surface area contributed by atoms with Crippen LogP contribution in [-0.4, -0.2) is 37.3 Å². The summed E-state index contributed by atoms with van der Waals surface area (Å²) in [7, 11) is 0. The number of pyridine rings is 1. The maximum atomic E-state index is 12.9. The summed E-state index contributed by atoms with van der Waals surface area (Å²) in [4.78, 5) is 17.2. The Bertz CT molecular complexity index is 1070. The van der Waals surface area contributed by atoms with E-state index in [9.17, 15) is 4.79 Å². The molecule has 0 aliphatic rings. The lowest BCUT2D eigenvalue weighted by molar-refractivity contribution is 0.0949. The van der Waals surface area contributed by atoms with E-state index < -0.39 is 0 Å². The number of benzene rings is 2. The molecule has 0 aliphatic carbocycles. The second-order valence-corrected chi connectivity index (χ2v) is 7.29. The van der Waals surface area contributed by atoms with Crippen LogP contribution in [0.5, 0.6) is 34.6 Å². The SMILES string of the molecule is CCOc1ccc(Oc2cc(CNC(=O)c3cc(OCC)c(OCC)c(OCC)c3)ccn2)cc1. The van der Waals surface area contributed by atoms with E-state index in [2.05, 4.69) is 10.3 Å². The van der Waals surface area contributed by atoms with Crippen LogP contribution in [0.15, 0.2) is 54.7 Å². The van der Waals surface area contributed by atoms with Gasteiger partial charge in [-0.15, -0.1) is 0 Å². The summed E-state index contributed by atoms with van der Waals surface area (Å²) in [5, 5.41) is 2.93. The van der Waals surface area contributed by atoms with E-state index in [-0.39, 0.29) is 5.91 Å². The summed E-state index contributed by atoms with van der Waals surface area (Å²) in [5.74, 6) is 3.03. The number of aromatic nitrogens is 1. The smallest absolute Gasteiger partial charge is 0.251 e. The molecule has 0 radical (unpaired) electrons. The standard InChI is InChI=1S/C27H32N2O6/c1-5-31-21-9-11-22(12-10-21)35-25-15-19(13-14-28-25)18-29-27(30)20-16-23(32-6-2)26(34-8-4)24(17-20)33-7-3/h9-17H,5-8,18H2,1-4H3,(H,29,30). The van der Waals surface area contributed by atoms with E-state index in [1.165, 1.54) is 0 Å². The highest BCUT2D eigenvalue weighted by molar-refractivity contribution is 5.95. The summed E-state index contributed by atoms with van der Waals surface area (Å²) >= 11 is 0.